The van der Waals surface area contributed by atoms with E-state index in [1.807, 2.05) is 25.1 Å². The number of benzene rings is 1. The van der Waals surface area contributed by atoms with Crippen LogP contribution < -0.4 is 10.1 Å². The van der Waals surface area contributed by atoms with Gasteiger partial charge in [0, 0.05) is 13.0 Å². The van der Waals surface area contributed by atoms with Crippen molar-refractivity contribution in [3.8, 4) is 5.75 Å². The topological polar surface area (TPSA) is 75.6 Å². The molecule has 2 N–H and O–H groups in total. The molecule has 1 aromatic rings. The quantitative estimate of drug-likeness (QED) is 0.750. The zero-order valence-electron chi connectivity index (χ0n) is 11.0. The summed E-state index contributed by atoms with van der Waals surface area (Å²) in [7, 11) is 0. The second-order valence-electron chi connectivity index (χ2n) is 4.44. The Morgan fingerprint density at radius 3 is 2.63 bits per heavy atom. The van der Waals surface area contributed by atoms with E-state index in [4.69, 9.17) is 9.84 Å². The van der Waals surface area contributed by atoms with Crippen molar-refractivity contribution in [1.82, 2.24) is 5.32 Å². The van der Waals surface area contributed by atoms with E-state index in [1.54, 1.807) is 12.1 Å². The van der Waals surface area contributed by atoms with Gasteiger partial charge in [-0.2, -0.15) is 0 Å². The molecule has 0 fully saturated rings. The van der Waals surface area contributed by atoms with Crippen molar-refractivity contribution in [1.29, 1.82) is 0 Å². The number of hydrogen-bond acceptors (Lipinski definition) is 3. The van der Waals surface area contributed by atoms with Crippen LogP contribution in [0.15, 0.2) is 30.3 Å². The lowest BCUT2D eigenvalue weighted by atomic mass is 10.1. The minimum Gasteiger partial charge on any atom is -0.484 e. The van der Waals surface area contributed by atoms with Gasteiger partial charge < -0.3 is 15.2 Å². The molecule has 0 aliphatic rings. The molecular weight excluding hydrogens is 246 g/mol. The van der Waals surface area contributed by atoms with Crippen molar-refractivity contribution in [3.63, 3.8) is 0 Å². The molecule has 0 heterocycles. The number of carbonyl (C=O) groups excluding carboxylic acids is 1. The van der Waals surface area contributed by atoms with Gasteiger partial charge in [0.15, 0.2) is 6.61 Å². The van der Waals surface area contributed by atoms with Crippen LogP contribution in [-0.2, 0) is 9.59 Å². The van der Waals surface area contributed by atoms with Crippen molar-refractivity contribution < 1.29 is 19.4 Å². The highest BCUT2D eigenvalue weighted by atomic mass is 16.5. The fraction of sp³-hybridized carbons (Fsp3) is 0.429. The predicted molar refractivity (Wildman–Crippen MR) is 71.0 cm³/mol. The highest BCUT2D eigenvalue weighted by Crippen LogP contribution is 2.08. The molecule has 0 aromatic heterocycles. The molecule has 5 nitrogen and oxygen atoms in total. The highest BCUT2D eigenvalue weighted by Gasteiger charge is 2.08. The first-order valence-corrected chi connectivity index (χ1v) is 6.24. The van der Waals surface area contributed by atoms with Crippen LogP contribution in [0.4, 0.5) is 0 Å². The van der Waals surface area contributed by atoms with Crippen molar-refractivity contribution in [3.05, 3.63) is 30.3 Å². The van der Waals surface area contributed by atoms with Crippen LogP contribution in [0.2, 0.25) is 0 Å². The third kappa shape index (κ3) is 7.08. The second-order valence-corrected chi connectivity index (χ2v) is 4.44. The van der Waals surface area contributed by atoms with Gasteiger partial charge in [-0.3, -0.25) is 9.59 Å². The molecule has 1 atom stereocenters. The first-order valence-electron chi connectivity index (χ1n) is 6.24. The summed E-state index contributed by atoms with van der Waals surface area (Å²) >= 11 is 0. The number of rotatable bonds is 8. The van der Waals surface area contributed by atoms with Gasteiger partial charge in [0.1, 0.15) is 5.75 Å². The third-order valence-corrected chi connectivity index (χ3v) is 2.61. The Morgan fingerprint density at radius 1 is 1.32 bits per heavy atom. The molecule has 19 heavy (non-hydrogen) atoms. The van der Waals surface area contributed by atoms with Crippen LogP contribution in [0.3, 0.4) is 0 Å². The van der Waals surface area contributed by atoms with E-state index in [0.717, 1.165) is 0 Å². The highest BCUT2D eigenvalue weighted by molar-refractivity contribution is 5.77. The van der Waals surface area contributed by atoms with E-state index < -0.39 is 5.97 Å². The first kappa shape index (κ1) is 15.0. The van der Waals surface area contributed by atoms with Gasteiger partial charge in [0.2, 0.25) is 0 Å². The summed E-state index contributed by atoms with van der Waals surface area (Å²) in [6, 6.07) is 9.10. The Labute approximate surface area is 112 Å². The smallest absolute Gasteiger partial charge is 0.303 e. The van der Waals surface area contributed by atoms with Crippen LogP contribution in [0.1, 0.15) is 19.8 Å². The first-order chi connectivity index (χ1) is 9.08. The Bertz CT molecular complexity index is 405. The van der Waals surface area contributed by atoms with Crippen LogP contribution in [-0.4, -0.2) is 30.1 Å². The molecule has 1 aromatic carbocycles. The normalized spacial score (nSPS) is 11.6. The van der Waals surface area contributed by atoms with Crippen LogP contribution in [0, 0.1) is 5.92 Å². The van der Waals surface area contributed by atoms with Gasteiger partial charge in [0.25, 0.3) is 5.91 Å². The van der Waals surface area contributed by atoms with Crippen molar-refractivity contribution in [2.24, 2.45) is 5.92 Å². The Morgan fingerprint density at radius 2 is 2.00 bits per heavy atom. The van der Waals surface area contributed by atoms with E-state index in [1.165, 1.54) is 0 Å². The molecule has 0 spiro atoms. The van der Waals surface area contributed by atoms with E-state index >= 15 is 0 Å². The lowest BCUT2D eigenvalue weighted by Crippen LogP contribution is -2.32. The van der Waals surface area contributed by atoms with Gasteiger partial charge in [0.05, 0.1) is 0 Å². The van der Waals surface area contributed by atoms with Crippen LogP contribution in [0.25, 0.3) is 0 Å². The minimum atomic E-state index is -0.814. The van der Waals surface area contributed by atoms with E-state index in [0.29, 0.717) is 18.7 Å². The van der Waals surface area contributed by atoms with Gasteiger partial charge in [-0.05, 0) is 24.5 Å². The largest absolute Gasteiger partial charge is 0.484 e. The maximum Gasteiger partial charge on any atom is 0.303 e. The molecule has 0 radical (unpaired) electrons. The van der Waals surface area contributed by atoms with Gasteiger partial charge in [-0.1, -0.05) is 25.1 Å². The number of carboxylic acids is 1. The molecule has 0 aliphatic heterocycles. The van der Waals surface area contributed by atoms with E-state index in [9.17, 15) is 9.59 Å². The molecule has 0 saturated heterocycles. The molecule has 5 heteroatoms. The zero-order chi connectivity index (χ0) is 14.1. The summed E-state index contributed by atoms with van der Waals surface area (Å²) in [5, 5.41) is 11.3. The maximum absolute atomic E-state index is 11.5. The lowest BCUT2D eigenvalue weighted by Gasteiger charge is -2.12. The van der Waals surface area contributed by atoms with E-state index in [-0.39, 0.29) is 24.9 Å². The molecule has 0 aliphatic carbocycles. The summed E-state index contributed by atoms with van der Waals surface area (Å²) in [5.41, 5.74) is 0. The minimum absolute atomic E-state index is 0.0321. The molecule has 0 bridgehead atoms. The number of ether oxygens (including phenoxy) is 1. The monoisotopic (exact) mass is 265 g/mol. The number of amides is 1. The number of hydrogen-bond donors (Lipinski definition) is 2. The maximum atomic E-state index is 11.5. The number of carbonyl (C=O) groups is 2. The van der Waals surface area contributed by atoms with Crippen molar-refractivity contribution in [2.75, 3.05) is 13.2 Å². The van der Waals surface area contributed by atoms with E-state index in [2.05, 4.69) is 5.32 Å². The van der Waals surface area contributed by atoms with Crippen molar-refractivity contribution >= 4 is 11.9 Å². The molecule has 0 saturated carbocycles. The summed E-state index contributed by atoms with van der Waals surface area (Å²) in [6.07, 6.45) is 0.673. The number of aliphatic carboxylic acids is 1. The summed E-state index contributed by atoms with van der Waals surface area (Å²) in [5.74, 6) is -0.232. The molecule has 1 unspecified atom stereocenters. The Balaban J connectivity index is 2.16. The average molecular weight is 265 g/mol. The average Bonchev–Trinajstić information content (AvgIpc) is 2.41. The van der Waals surface area contributed by atoms with Gasteiger partial charge in [-0.15, -0.1) is 0 Å². The number of nitrogens with one attached hydrogen (secondary N) is 1. The SMILES string of the molecule is CC(CCC(=O)O)CNC(=O)COc1ccccc1. The summed E-state index contributed by atoms with van der Waals surface area (Å²) in [6.45, 7) is 2.33. The second kappa shape index (κ2) is 8.13. The third-order valence-electron chi connectivity index (χ3n) is 2.61. The molecule has 1 rings (SSSR count). The summed E-state index contributed by atoms with van der Waals surface area (Å²) < 4.78 is 5.29. The molecular formula is C14H19NO4. The van der Waals surface area contributed by atoms with Crippen LogP contribution >= 0.6 is 0 Å². The number of para-hydroxylation sites is 1. The fourth-order valence-electron chi connectivity index (χ4n) is 1.48. The van der Waals surface area contributed by atoms with Crippen molar-refractivity contribution in [2.45, 2.75) is 19.8 Å². The Hall–Kier alpha value is -2.04. The van der Waals surface area contributed by atoms with Gasteiger partial charge >= 0.3 is 5.97 Å². The molecule has 1 amide bonds. The fourth-order valence-corrected chi connectivity index (χ4v) is 1.48. The van der Waals surface area contributed by atoms with Gasteiger partial charge in [-0.25, -0.2) is 0 Å². The van der Waals surface area contributed by atoms with Crippen LogP contribution in [0.5, 0.6) is 5.75 Å². The zero-order valence-corrected chi connectivity index (χ0v) is 11.0. The number of carboxylic acid groups (broad SMARTS) is 1. The summed E-state index contributed by atoms with van der Waals surface area (Å²) in [4.78, 5) is 21.9. The predicted octanol–water partition coefficient (Wildman–Crippen LogP) is 1.68. The lowest BCUT2D eigenvalue weighted by molar-refractivity contribution is -0.137. The Kier molecular flexibility index (Phi) is 6.43. The standard InChI is InChI=1S/C14H19NO4/c1-11(7-8-14(17)18)9-15-13(16)10-19-12-5-3-2-4-6-12/h2-6,11H,7-10H2,1H3,(H,15,16)(H,17,18). The molecule has 104 valence electrons.